The van der Waals surface area contributed by atoms with Crippen LogP contribution in [-0.2, 0) is 19.1 Å². The molecule has 1 rings (SSSR count). The molecular weight excluding hydrogens is 330 g/mol. The standard InChI is InChI=1S/C21H33NO4/c1-16(21(25)26-4)13-14-19(23)18-11-8-10-17(15-18)9-6-5-7-12-20(24)22(2)3/h8,10-11,16-17H,5-7,9,12-15H2,1-4H3/t16-,17?/m0/s1. The second-order valence-electron chi connectivity index (χ2n) is 7.31. The first-order chi connectivity index (χ1) is 12.3. The van der Waals surface area contributed by atoms with Gasteiger partial charge < -0.3 is 9.64 Å². The van der Waals surface area contributed by atoms with Gasteiger partial charge in [0.05, 0.1) is 13.0 Å². The second-order valence-corrected chi connectivity index (χ2v) is 7.31. The Morgan fingerprint density at radius 1 is 1.19 bits per heavy atom. The highest BCUT2D eigenvalue weighted by Crippen LogP contribution is 2.26. The third kappa shape index (κ3) is 7.98. The van der Waals surface area contributed by atoms with Gasteiger partial charge in [0, 0.05) is 26.9 Å². The lowest BCUT2D eigenvalue weighted by molar-refractivity contribution is -0.145. The van der Waals surface area contributed by atoms with Crippen LogP contribution in [0.5, 0.6) is 0 Å². The number of carbonyl (C=O) groups is 3. The van der Waals surface area contributed by atoms with Crippen LogP contribution in [0.25, 0.3) is 0 Å². The summed E-state index contributed by atoms with van der Waals surface area (Å²) < 4.78 is 4.70. The number of hydrogen-bond donors (Lipinski definition) is 0. The van der Waals surface area contributed by atoms with Gasteiger partial charge in [0.15, 0.2) is 5.78 Å². The van der Waals surface area contributed by atoms with Crippen LogP contribution in [0.4, 0.5) is 0 Å². The molecule has 0 fully saturated rings. The molecule has 1 unspecified atom stereocenters. The van der Waals surface area contributed by atoms with Crippen molar-refractivity contribution in [3.05, 3.63) is 23.8 Å². The quantitative estimate of drug-likeness (QED) is 0.415. The minimum atomic E-state index is -0.263. The minimum Gasteiger partial charge on any atom is -0.469 e. The van der Waals surface area contributed by atoms with Gasteiger partial charge in [0.2, 0.25) is 5.91 Å². The molecule has 0 aromatic carbocycles. The smallest absolute Gasteiger partial charge is 0.308 e. The number of ketones is 1. The molecule has 0 N–H and O–H groups in total. The van der Waals surface area contributed by atoms with E-state index in [4.69, 9.17) is 4.74 Å². The molecule has 1 amide bonds. The summed E-state index contributed by atoms with van der Waals surface area (Å²) in [6.45, 7) is 1.79. The van der Waals surface area contributed by atoms with E-state index in [0.29, 0.717) is 25.2 Å². The van der Waals surface area contributed by atoms with Crippen molar-refractivity contribution in [2.75, 3.05) is 21.2 Å². The number of Topliss-reactive ketones (excluding diaryl/α,β-unsaturated/α-hetero) is 1. The summed E-state index contributed by atoms with van der Waals surface area (Å²) in [5, 5.41) is 0. The molecular formula is C21H33NO4. The number of methoxy groups -OCH3 is 1. The SMILES string of the molecule is COC(=O)[C@@H](C)CCC(=O)C1=CC=CC(CCCCCC(=O)N(C)C)C1. The number of hydrogen-bond acceptors (Lipinski definition) is 4. The molecule has 0 aromatic rings. The van der Waals surface area contributed by atoms with Crippen molar-refractivity contribution < 1.29 is 19.1 Å². The summed E-state index contributed by atoms with van der Waals surface area (Å²) in [5.41, 5.74) is 0.859. The molecule has 0 aromatic heterocycles. The summed E-state index contributed by atoms with van der Waals surface area (Å²) in [4.78, 5) is 37.0. The van der Waals surface area contributed by atoms with Crippen LogP contribution in [0.3, 0.4) is 0 Å². The Balaban J connectivity index is 2.28. The highest BCUT2D eigenvalue weighted by Gasteiger charge is 2.20. The molecule has 2 atom stereocenters. The van der Waals surface area contributed by atoms with Crippen LogP contribution >= 0.6 is 0 Å². The summed E-state index contributed by atoms with van der Waals surface area (Å²) in [7, 11) is 4.94. The average Bonchev–Trinajstić information content (AvgIpc) is 2.64. The Kier molecular flexibility index (Phi) is 9.92. The largest absolute Gasteiger partial charge is 0.469 e. The molecule has 0 radical (unpaired) electrons. The van der Waals surface area contributed by atoms with E-state index < -0.39 is 0 Å². The van der Waals surface area contributed by atoms with Crippen molar-refractivity contribution in [3.8, 4) is 0 Å². The number of nitrogens with zero attached hydrogens (tertiary/aromatic N) is 1. The molecule has 1 aliphatic carbocycles. The zero-order valence-electron chi connectivity index (χ0n) is 16.6. The Bertz CT molecular complexity index is 548. The van der Waals surface area contributed by atoms with E-state index >= 15 is 0 Å². The van der Waals surface area contributed by atoms with E-state index in [2.05, 4.69) is 6.08 Å². The first-order valence-corrected chi connectivity index (χ1v) is 9.53. The molecule has 0 saturated heterocycles. The Morgan fingerprint density at radius 2 is 1.92 bits per heavy atom. The number of amides is 1. The van der Waals surface area contributed by atoms with Gasteiger partial charge in [0.25, 0.3) is 0 Å². The molecule has 146 valence electrons. The normalized spacial score (nSPS) is 17.4. The van der Waals surface area contributed by atoms with Crippen LogP contribution in [0.2, 0.25) is 0 Å². The number of carbonyl (C=O) groups excluding carboxylic acids is 3. The highest BCUT2D eigenvalue weighted by molar-refractivity contribution is 5.96. The average molecular weight is 363 g/mol. The summed E-state index contributed by atoms with van der Waals surface area (Å²) in [5.74, 6) is 0.193. The van der Waals surface area contributed by atoms with Gasteiger partial charge >= 0.3 is 5.97 Å². The number of rotatable bonds is 11. The molecule has 0 heterocycles. The van der Waals surface area contributed by atoms with Crippen molar-refractivity contribution in [3.63, 3.8) is 0 Å². The van der Waals surface area contributed by atoms with E-state index in [-0.39, 0.29) is 23.6 Å². The lowest BCUT2D eigenvalue weighted by atomic mass is 9.86. The number of allylic oxidation sites excluding steroid dienone is 4. The molecule has 5 nitrogen and oxygen atoms in total. The van der Waals surface area contributed by atoms with E-state index in [1.165, 1.54) is 7.11 Å². The van der Waals surface area contributed by atoms with Crippen molar-refractivity contribution in [2.45, 2.75) is 58.3 Å². The number of unbranched alkanes of at least 4 members (excludes halogenated alkanes) is 2. The summed E-state index contributed by atoms with van der Waals surface area (Å²) in [6, 6.07) is 0. The minimum absolute atomic E-state index is 0.131. The molecule has 0 saturated carbocycles. The van der Waals surface area contributed by atoms with Crippen LogP contribution in [0, 0.1) is 11.8 Å². The maximum Gasteiger partial charge on any atom is 0.308 e. The van der Waals surface area contributed by atoms with Crippen LogP contribution in [0.1, 0.15) is 58.3 Å². The predicted molar refractivity (Wildman–Crippen MR) is 103 cm³/mol. The van der Waals surface area contributed by atoms with Crippen molar-refractivity contribution >= 4 is 17.7 Å². The van der Waals surface area contributed by atoms with Gasteiger partial charge in [-0.05, 0) is 37.2 Å². The topological polar surface area (TPSA) is 63.7 Å². The van der Waals surface area contributed by atoms with E-state index in [0.717, 1.165) is 37.7 Å². The Labute approximate surface area is 157 Å². The van der Waals surface area contributed by atoms with Gasteiger partial charge in [-0.25, -0.2) is 0 Å². The van der Waals surface area contributed by atoms with Gasteiger partial charge in [-0.15, -0.1) is 0 Å². The van der Waals surface area contributed by atoms with E-state index in [1.54, 1.807) is 25.9 Å². The maximum atomic E-state index is 12.4. The van der Waals surface area contributed by atoms with Crippen LogP contribution in [0.15, 0.2) is 23.8 Å². The first-order valence-electron chi connectivity index (χ1n) is 9.53. The van der Waals surface area contributed by atoms with Gasteiger partial charge in [-0.3, -0.25) is 14.4 Å². The predicted octanol–water partition coefficient (Wildman–Crippen LogP) is 3.69. The first kappa shape index (κ1) is 22.1. The molecule has 0 aliphatic heterocycles. The van der Waals surface area contributed by atoms with Crippen LogP contribution in [-0.4, -0.2) is 43.8 Å². The summed E-state index contributed by atoms with van der Waals surface area (Å²) >= 11 is 0. The van der Waals surface area contributed by atoms with E-state index in [9.17, 15) is 14.4 Å². The molecule has 1 aliphatic rings. The molecule has 0 spiro atoms. The third-order valence-corrected chi connectivity index (χ3v) is 4.89. The fraction of sp³-hybridized carbons (Fsp3) is 0.667. The lowest BCUT2D eigenvalue weighted by Crippen LogP contribution is -2.21. The second kappa shape index (κ2) is 11.7. The summed E-state index contributed by atoms with van der Waals surface area (Å²) in [6.07, 6.45) is 12.4. The number of ether oxygens (including phenoxy) is 1. The Hall–Kier alpha value is -1.91. The zero-order chi connectivity index (χ0) is 19.5. The maximum absolute atomic E-state index is 12.4. The third-order valence-electron chi connectivity index (χ3n) is 4.89. The molecule has 5 heteroatoms. The fourth-order valence-electron chi connectivity index (χ4n) is 3.06. The number of esters is 1. The molecule has 26 heavy (non-hydrogen) atoms. The zero-order valence-corrected chi connectivity index (χ0v) is 16.6. The van der Waals surface area contributed by atoms with Gasteiger partial charge in [-0.2, -0.15) is 0 Å². The van der Waals surface area contributed by atoms with Crippen LogP contribution < -0.4 is 0 Å². The van der Waals surface area contributed by atoms with E-state index in [1.807, 2.05) is 12.2 Å². The molecule has 0 bridgehead atoms. The van der Waals surface area contributed by atoms with Crippen molar-refractivity contribution in [1.29, 1.82) is 0 Å². The van der Waals surface area contributed by atoms with Crippen molar-refractivity contribution in [2.24, 2.45) is 11.8 Å². The Morgan fingerprint density at radius 3 is 2.58 bits per heavy atom. The van der Waals surface area contributed by atoms with Gasteiger partial charge in [-0.1, -0.05) is 38.0 Å². The lowest BCUT2D eigenvalue weighted by Gasteiger charge is -2.18. The monoisotopic (exact) mass is 363 g/mol. The highest BCUT2D eigenvalue weighted by atomic mass is 16.5. The van der Waals surface area contributed by atoms with Crippen molar-refractivity contribution in [1.82, 2.24) is 4.90 Å². The fourth-order valence-corrected chi connectivity index (χ4v) is 3.06. The van der Waals surface area contributed by atoms with Gasteiger partial charge in [0.1, 0.15) is 0 Å².